The maximum Gasteiger partial charge on any atom is 0.405 e. The quantitative estimate of drug-likeness (QED) is 0.287. The number of halogens is 1. The number of esters is 1. The van der Waals surface area contributed by atoms with Crippen LogP contribution in [0, 0.1) is 21.1 Å². The number of nitrogens with one attached hydrogen (secondary N) is 1. The molecule has 0 unspecified atom stereocenters. The molecule has 0 aliphatic rings. The van der Waals surface area contributed by atoms with E-state index in [4.69, 9.17) is 4.74 Å². The standard InChI is InChI=1S/C15H12FN3O6/c1-9(25-15(21)12-4-2-3-7-18(12)22)14(20)17-10-5-6-11(16)13(8-10)19(23)24/h2-9H,1H3,(H,17,20)/t9-/m0/s1. The molecule has 2 rings (SSSR count). The predicted molar refractivity (Wildman–Crippen MR) is 82.0 cm³/mol. The number of amides is 1. The molecular formula is C15H12FN3O6. The van der Waals surface area contributed by atoms with Gasteiger partial charge in [0, 0.05) is 23.9 Å². The summed E-state index contributed by atoms with van der Waals surface area (Å²) in [6, 6.07) is 6.88. The Kier molecular flexibility index (Phi) is 5.22. The molecule has 1 aromatic heterocycles. The van der Waals surface area contributed by atoms with Crippen LogP contribution in [-0.2, 0) is 9.53 Å². The van der Waals surface area contributed by atoms with Crippen LogP contribution in [0.15, 0.2) is 42.6 Å². The van der Waals surface area contributed by atoms with Gasteiger partial charge in [0.1, 0.15) is 0 Å². The number of anilines is 1. The van der Waals surface area contributed by atoms with Crippen LogP contribution in [-0.4, -0.2) is 22.9 Å². The van der Waals surface area contributed by atoms with E-state index >= 15 is 0 Å². The molecule has 0 aliphatic carbocycles. The van der Waals surface area contributed by atoms with E-state index in [1.165, 1.54) is 25.1 Å². The Morgan fingerprint density at radius 3 is 2.68 bits per heavy atom. The molecule has 0 spiro atoms. The summed E-state index contributed by atoms with van der Waals surface area (Å²) >= 11 is 0. The van der Waals surface area contributed by atoms with Crippen molar-refractivity contribution in [2.75, 3.05) is 5.32 Å². The number of carbonyl (C=O) groups excluding carboxylic acids is 2. The molecule has 2 aromatic rings. The number of hydrogen-bond acceptors (Lipinski definition) is 6. The van der Waals surface area contributed by atoms with E-state index in [9.17, 15) is 29.3 Å². The highest BCUT2D eigenvalue weighted by molar-refractivity contribution is 5.96. The van der Waals surface area contributed by atoms with E-state index in [0.717, 1.165) is 24.4 Å². The second-order valence-electron chi connectivity index (χ2n) is 4.87. The molecule has 10 heteroatoms. The molecule has 1 N–H and O–H groups in total. The fraction of sp³-hybridized carbons (Fsp3) is 0.133. The van der Waals surface area contributed by atoms with E-state index in [2.05, 4.69) is 5.32 Å². The number of benzene rings is 1. The Morgan fingerprint density at radius 2 is 2.04 bits per heavy atom. The lowest BCUT2D eigenvalue weighted by atomic mass is 10.2. The van der Waals surface area contributed by atoms with E-state index in [0.29, 0.717) is 0 Å². The van der Waals surface area contributed by atoms with Crippen molar-refractivity contribution in [1.82, 2.24) is 0 Å². The van der Waals surface area contributed by atoms with E-state index in [1.54, 1.807) is 0 Å². The summed E-state index contributed by atoms with van der Waals surface area (Å²) < 4.78 is 18.4. The number of carbonyl (C=O) groups is 2. The number of nitrogens with zero attached hydrogens (tertiary/aromatic N) is 2. The Labute approximate surface area is 140 Å². The topological polar surface area (TPSA) is 125 Å². The summed E-state index contributed by atoms with van der Waals surface area (Å²) in [5, 5.41) is 24.4. The molecule has 1 amide bonds. The smallest absolute Gasteiger partial charge is 0.405 e. The largest absolute Gasteiger partial charge is 0.618 e. The average molecular weight is 349 g/mol. The third-order valence-electron chi connectivity index (χ3n) is 3.10. The van der Waals surface area contributed by atoms with Crippen LogP contribution in [0.5, 0.6) is 0 Å². The van der Waals surface area contributed by atoms with E-state index in [-0.39, 0.29) is 16.1 Å². The maximum absolute atomic E-state index is 13.3. The molecule has 0 aliphatic heterocycles. The molecule has 0 radical (unpaired) electrons. The van der Waals surface area contributed by atoms with Gasteiger partial charge >= 0.3 is 17.4 Å². The fourth-order valence-corrected chi connectivity index (χ4v) is 1.84. The lowest BCUT2D eigenvalue weighted by molar-refractivity contribution is -0.608. The minimum absolute atomic E-state index is 0.0420. The van der Waals surface area contributed by atoms with Crippen molar-refractivity contribution in [1.29, 1.82) is 0 Å². The predicted octanol–water partition coefficient (Wildman–Crippen LogP) is 1.55. The Hall–Kier alpha value is -3.56. The summed E-state index contributed by atoms with van der Waals surface area (Å²) in [6.45, 7) is 1.25. The van der Waals surface area contributed by atoms with Crippen LogP contribution in [0.4, 0.5) is 15.8 Å². The molecule has 0 saturated heterocycles. The van der Waals surface area contributed by atoms with Crippen molar-refractivity contribution in [2.45, 2.75) is 13.0 Å². The summed E-state index contributed by atoms with van der Waals surface area (Å²) in [4.78, 5) is 33.6. The highest BCUT2D eigenvalue weighted by atomic mass is 19.1. The molecule has 1 heterocycles. The SMILES string of the molecule is C[C@H](OC(=O)c1cccc[n+]1[O-])C(=O)Nc1ccc(F)c([N+](=O)[O-])c1. The first kappa shape index (κ1) is 17.8. The number of rotatable bonds is 5. The number of aromatic nitrogens is 1. The molecule has 9 nitrogen and oxygen atoms in total. The summed E-state index contributed by atoms with van der Waals surface area (Å²) in [5.41, 5.74) is -1.15. The van der Waals surface area contributed by atoms with Gasteiger partial charge in [-0.2, -0.15) is 9.12 Å². The minimum Gasteiger partial charge on any atom is -0.618 e. The third-order valence-corrected chi connectivity index (χ3v) is 3.10. The first-order chi connectivity index (χ1) is 11.8. The highest BCUT2D eigenvalue weighted by Crippen LogP contribution is 2.21. The van der Waals surface area contributed by atoms with Gasteiger partial charge < -0.3 is 15.3 Å². The first-order valence-corrected chi connectivity index (χ1v) is 6.93. The van der Waals surface area contributed by atoms with Crippen LogP contribution in [0.2, 0.25) is 0 Å². The Bertz CT molecular complexity index is 842. The van der Waals surface area contributed by atoms with Crippen LogP contribution < -0.4 is 10.0 Å². The molecule has 1 aromatic carbocycles. The van der Waals surface area contributed by atoms with Crippen molar-refractivity contribution in [3.05, 3.63) is 69.4 Å². The van der Waals surface area contributed by atoms with Gasteiger partial charge in [-0.25, -0.2) is 4.79 Å². The number of hydrogen-bond donors (Lipinski definition) is 1. The van der Waals surface area contributed by atoms with Gasteiger partial charge in [-0.1, -0.05) is 0 Å². The van der Waals surface area contributed by atoms with Crippen molar-refractivity contribution in [3.63, 3.8) is 0 Å². The van der Waals surface area contributed by atoms with Gasteiger partial charge in [-0.15, -0.1) is 0 Å². The van der Waals surface area contributed by atoms with Gasteiger partial charge in [0.2, 0.25) is 5.82 Å². The van der Waals surface area contributed by atoms with E-state index < -0.39 is 34.4 Å². The zero-order valence-electron chi connectivity index (χ0n) is 12.8. The molecule has 25 heavy (non-hydrogen) atoms. The van der Waals surface area contributed by atoms with E-state index in [1.807, 2.05) is 0 Å². The fourth-order valence-electron chi connectivity index (χ4n) is 1.84. The summed E-state index contributed by atoms with van der Waals surface area (Å²) in [6.07, 6.45) is -0.198. The third kappa shape index (κ3) is 4.25. The number of nitro benzene ring substituents is 1. The molecular weight excluding hydrogens is 337 g/mol. The minimum atomic E-state index is -1.29. The summed E-state index contributed by atoms with van der Waals surface area (Å²) in [7, 11) is 0. The molecule has 0 bridgehead atoms. The van der Waals surface area contributed by atoms with Crippen LogP contribution in [0.3, 0.4) is 0 Å². The number of pyridine rings is 1. The molecule has 0 fully saturated rings. The van der Waals surface area contributed by atoms with Gasteiger partial charge in [0.15, 0.2) is 12.3 Å². The number of ether oxygens (including phenoxy) is 1. The van der Waals surface area contributed by atoms with Crippen LogP contribution in [0.25, 0.3) is 0 Å². The van der Waals surface area contributed by atoms with Gasteiger partial charge in [0.25, 0.3) is 5.91 Å². The normalized spacial score (nSPS) is 11.4. The zero-order valence-corrected chi connectivity index (χ0v) is 12.8. The van der Waals surface area contributed by atoms with Gasteiger partial charge in [-0.05, 0) is 25.1 Å². The van der Waals surface area contributed by atoms with Crippen molar-refractivity contribution >= 4 is 23.3 Å². The number of nitro groups is 1. The molecule has 0 saturated carbocycles. The lowest BCUT2D eigenvalue weighted by Gasteiger charge is -2.13. The van der Waals surface area contributed by atoms with Crippen LogP contribution in [0.1, 0.15) is 17.4 Å². The van der Waals surface area contributed by atoms with Crippen molar-refractivity contribution < 1.29 is 28.4 Å². The lowest BCUT2D eigenvalue weighted by Crippen LogP contribution is -2.37. The average Bonchev–Trinajstić information content (AvgIpc) is 2.56. The second-order valence-corrected chi connectivity index (χ2v) is 4.87. The zero-order chi connectivity index (χ0) is 18.6. The Balaban J connectivity index is 2.06. The van der Waals surface area contributed by atoms with Gasteiger partial charge in [-0.3, -0.25) is 14.9 Å². The summed E-state index contributed by atoms with van der Waals surface area (Å²) in [5.74, 6) is -2.86. The highest BCUT2D eigenvalue weighted by Gasteiger charge is 2.24. The van der Waals surface area contributed by atoms with Crippen molar-refractivity contribution in [2.24, 2.45) is 0 Å². The second kappa shape index (κ2) is 7.34. The molecule has 1 atom stereocenters. The van der Waals surface area contributed by atoms with Gasteiger partial charge in [0.05, 0.1) is 4.92 Å². The first-order valence-electron chi connectivity index (χ1n) is 6.93. The van der Waals surface area contributed by atoms with Crippen molar-refractivity contribution in [3.8, 4) is 0 Å². The maximum atomic E-state index is 13.3. The Morgan fingerprint density at radius 1 is 1.32 bits per heavy atom. The van der Waals surface area contributed by atoms with Crippen LogP contribution >= 0.6 is 0 Å². The molecule has 130 valence electrons. The monoisotopic (exact) mass is 349 g/mol.